The van der Waals surface area contributed by atoms with Gasteiger partial charge in [-0.25, -0.2) is 13.1 Å². The molecule has 0 amide bonds. The Labute approximate surface area is 114 Å². The highest BCUT2D eigenvalue weighted by atomic mass is 32.2. The Kier molecular flexibility index (Phi) is 4.13. The maximum atomic E-state index is 11.7. The average Bonchev–Trinajstić information content (AvgIpc) is 2.34. The molecule has 1 aliphatic carbocycles. The molecule has 0 aliphatic heterocycles. The molecule has 6 heteroatoms. The summed E-state index contributed by atoms with van der Waals surface area (Å²) in [5.74, 6) is 0. The molecule has 1 aromatic carbocycles. The van der Waals surface area contributed by atoms with Gasteiger partial charge in [0.25, 0.3) is 0 Å². The van der Waals surface area contributed by atoms with Gasteiger partial charge in [-0.3, -0.25) is 0 Å². The molecule has 0 radical (unpaired) electrons. The van der Waals surface area contributed by atoms with Crippen LogP contribution < -0.4 is 10.0 Å². The van der Waals surface area contributed by atoms with Crippen LogP contribution in [-0.2, 0) is 10.0 Å². The van der Waals surface area contributed by atoms with Crippen LogP contribution in [0.5, 0.6) is 0 Å². The minimum atomic E-state index is -3.39. The molecule has 3 N–H and O–H groups in total. The smallest absolute Gasteiger partial charge is 0.240 e. The molecule has 106 valence electrons. The predicted molar refractivity (Wildman–Crippen MR) is 74.6 cm³/mol. The van der Waals surface area contributed by atoms with Gasteiger partial charge in [0, 0.05) is 18.8 Å². The molecule has 0 spiro atoms. The quantitative estimate of drug-likeness (QED) is 0.736. The molecule has 1 aliphatic rings. The van der Waals surface area contributed by atoms with E-state index in [1.54, 1.807) is 31.2 Å². The van der Waals surface area contributed by atoms with Crippen molar-refractivity contribution in [1.82, 2.24) is 4.72 Å². The van der Waals surface area contributed by atoms with Crippen molar-refractivity contribution in [1.29, 1.82) is 0 Å². The Morgan fingerprint density at radius 3 is 2.37 bits per heavy atom. The van der Waals surface area contributed by atoms with Gasteiger partial charge in [0.15, 0.2) is 0 Å². The molecule has 0 atom stereocenters. The second-order valence-electron chi connectivity index (χ2n) is 4.96. The Bertz CT molecular complexity index is 521. The zero-order chi connectivity index (χ0) is 13.9. The number of sulfonamides is 1. The molecule has 1 fully saturated rings. The fourth-order valence-electron chi connectivity index (χ4n) is 2.05. The molecular formula is C13H20N2O3S. The molecule has 0 unspecified atom stereocenters. The van der Waals surface area contributed by atoms with Gasteiger partial charge < -0.3 is 10.4 Å². The summed E-state index contributed by atoms with van der Waals surface area (Å²) in [5, 5.41) is 13.1. The van der Waals surface area contributed by atoms with E-state index in [0.717, 1.165) is 24.9 Å². The van der Waals surface area contributed by atoms with E-state index in [1.165, 1.54) is 0 Å². The standard InChI is InChI=1S/C13H20N2O3S/c1-2-15-19(17,18)12-6-4-11(5-7-12)14-10-13(16)8-3-9-13/h4-7,14-16H,2-3,8-10H2,1H3. The lowest BCUT2D eigenvalue weighted by Crippen LogP contribution is -2.43. The summed E-state index contributed by atoms with van der Waals surface area (Å²) in [6.45, 7) is 2.62. The fourth-order valence-corrected chi connectivity index (χ4v) is 3.09. The summed E-state index contributed by atoms with van der Waals surface area (Å²) in [4.78, 5) is 0.252. The van der Waals surface area contributed by atoms with Crippen LogP contribution in [0.15, 0.2) is 29.2 Å². The van der Waals surface area contributed by atoms with Crippen molar-refractivity contribution in [2.75, 3.05) is 18.4 Å². The third-order valence-corrected chi connectivity index (χ3v) is 4.97. The second-order valence-corrected chi connectivity index (χ2v) is 6.72. The van der Waals surface area contributed by atoms with Crippen molar-refractivity contribution in [3.05, 3.63) is 24.3 Å². The lowest BCUT2D eigenvalue weighted by molar-refractivity contribution is -0.0201. The Morgan fingerprint density at radius 1 is 1.26 bits per heavy atom. The predicted octanol–water partition coefficient (Wildman–Crippen LogP) is 1.31. The van der Waals surface area contributed by atoms with Gasteiger partial charge in [0.1, 0.15) is 0 Å². The minimum absolute atomic E-state index is 0.252. The zero-order valence-electron chi connectivity index (χ0n) is 11.0. The topological polar surface area (TPSA) is 78.4 Å². The van der Waals surface area contributed by atoms with Crippen LogP contribution >= 0.6 is 0 Å². The molecule has 0 heterocycles. The maximum Gasteiger partial charge on any atom is 0.240 e. The van der Waals surface area contributed by atoms with Crippen LogP contribution in [0.4, 0.5) is 5.69 Å². The number of nitrogens with one attached hydrogen (secondary N) is 2. The van der Waals surface area contributed by atoms with E-state index in [-0.39, 0.29) is 4.90 Å². The highest BCUT2D eigenvalue weighted by Gasteiger charge is 2.33. The van der Waals surface area contributed by atoms with E-state index in [1.807, 2.05) is 0 Å². The first-order valence-electron chi connectivity index (χ1n) is 6.51. The van der Waals surface area contributed by atoms with Gasteiger partial charge in [0.2, 0.25) is 10.0 Å². The monoisotopic (exact) mass is 284 g/mol. The first kappa shape index (κ1) is 14.3. The van der Waals surface area contributed by atoms with E-state index in [2.05, 4.69) is 10.0 Å². The van der Waals surface area contributed by atoms with Gasteiger partial charge >= 0.3 is 0 Å². The molecule has 0 bridgehead atoms. The summed E-state index contributed by atoms with van der Waals surface area (Å²) in [5.41, 5.74) is 0.227. The molecule has 0 saturated heterocycles. The third-order valence-electron chi connectivity index (χ3n) is 3.40. The summed E-state index contributed by atoms with van der Waals surface area (Å²) in [7, 11) is -3.39. The minimum Gasteiger partial charge on any atom is -0.388 e. The van der Waals surface area contributed by atoms with E-state index in [0.29, 0.717) is 13.1 Å². The van der Waals surface area contributed by atoms with Crippen molar-refractivity contribution in [2.24, 2.45) is 0 Å². The molecule has 19 heavy (non-hydrogen) atoms. The number of anilines is 1. The number of rotatable bonds is 6. The van der Waals surface area contributed by atoms with Crippen molar-refractivity contribution >= 4 is 15.7 Å². The highest BCUT2D eigenvalue weighted by molar-refractivity contribution is 7.89. The molecule has 2 rings (SSSR count). The van der Waals surface area contributed by atoms with E-state index < -0.39 is 15.6 Å². The van der Waals surface area contributed by atoms with Crippen LogP contribution in [0, 0.1) is 0 Å². The summed E-state index contributed by atoms with van der Waals surface area (Å²) < 4.78 is 25.9. The summed E-state index contributed by atoms with van der Waals surface area (Å²) >= 11 is 0. The second kappa shape index (κ2) is 5.48. The van der Waals surface area contributed by atoms with Crippen molar-refractivity contribution in [2.45, 2.75) is 36.7 Å². The van der Waals surface area contributed by atoms with E-state index in [9.17, 15) is 13.5 Å². The molecule has 0 aromatic heterocycles. The summed E-state index contributed by atoms with van der Waals surface area (Å²) in [6, 6.07) is 6.55. The van der Waals surface area contributed by atoms with Gasteiger partial charge in [-0.1, -0.05) is 6.92 Å². The first-order valence-corrected chi connectivity index (χ1v) is 7.99. The van der Waals surface area contributed by atoms with Gasteiger partial charge in [-0.2, -0.15) is 0 Å². The number of benzene rings is 1. The van der Waals surface area contributed by atoms with Crippen LogP contribution in [0.3, 0.4) is 0 Å². The van der Waals surface area contributed by atoms with Crippen molar-refractivity contribution in [3.63, 3.8) is 0 Å². The molecule has 1 aromatic rings. The average molecular weight is 284 g/mol. The SMILES string of the molecule is CCNS(=O)(=O)c1ccc(NCC2(O)CCC2)cc1. The number of hydrogen-bond donors (Lipinski definition) is 3. The van der Waals surface area contributed by atoms with Crippen LogP contribution in [0.25, 0.3) is 0 Å². The third kappa shape index (κ3) is 3.46. The van der Waals surface area contributed by atoms with E-state index >= 15 is 0 Å². The Hall–Kier alpha value is -1.11. The Balaban J connectivity index is 1.98. The number of aliphatic hydroxyl groups is 1. The maximum absolute atomic E-state index is 11.7. The lowest BCUT2D eigenvalue weighted by Gasteiger charge is -2.36. The van der Waals surface area contributed by atoms with Crippen molar-refractivity contribution in [3.8, 4) is 0 Å². The van der Waals surface area contributed by atoms with E-state index in [4.69, 9.17) is 0 Å². The normalized spacial score (nSPS) is 17.8. The molecule has 1 saturated carbocycles. The van der Waals surface area contributed by atoms with Crippen molar-refractivity contribution < 1.29 is 13.5 Å². The van der Waals surface area contributed by atoms with Gasteiger partial charge in [-0.05, 0) is 43.5 Å². The summed E-state index contributed by atoms with van der Waals surface area (Å²) in [6.07, 6.45) is 2.72. The largest absolute Gasteiger partial charge is 0.388 e. The highest BCUT2D eigenvalue weighted by Crippen LogP contribution is 2.31. The van der Waals surface area contributed by atoms with Gasteiger partial charge in [-0.15, -0.1) is 0 Å². The Morgan fingerprint density at radius 2 is 1.89 bits per heavy atom. The zero-order valence-corrected chi connectivity index (χ0v) is 11.8. The van der Waals surface area contributed by atoms with Crippen LogP contribution in [-0.4, -0.2) is 32.2 Å². The lowest BCUT2D eigenvalue weighted by atomic mass is 9.80. The number of hydrogen-bond acceptors (Lipinski definition) is 4. The fraction of sp³-hybridized carbons (Fsp3) is 0.538. The molecule has 5 nitrogen and oxygen atoms in total. The van der Waals surface area contributed by atoms with Crippen LogP contribution in [0.2, 0.25) is 0 Å². The molecular weight excluding hydrogens is 264 g/mol. The first-order chi connectivity index (χ1) is 8.95. The van der Waals surface area contributed by atoms with Crippen LogP contribution in [0.1, 0.15) is 26.2 Å². The van der Waals surface area contributed by atoms with Gasteiger partial charge in [0.05, 0.1) is 10.5 Å².